The zero-order valence-electron chi connectivity index (χ0n) is 16.4. The van der Waals surface area contributed by atoms with Gasteiger partial charge >= 0.3 is 6.18 Å². The number of nitrogens with one attached hydrogen (secondary N) is 1. The van der Waals surface area contributed by atoms with Crippen LogP contribution in [0.5, 0.6) is 0 Å². The van der Waals surface area contributed by atoms with Gasteiger partial charge in [0.2, 0.25) is 0 Å². The molecule has 3 aromatic rings. The van der Waals surface area contributed by atoms with Gasteiger partial charge in [-0.3, -0.25) is 9.69 Å². The van der Waals surface area contributed by atoms with Crippen molar-refractivity contribution in [1.82, 2.24) is 14.8 Å². The van der Waals surface area contributed by atoms with Crippen molar-refractivity contribution in [3.63, 3.8) is 0 Å². The van der Waals surface area contributed by atoms with E-state index < -0.39 is 11.7 Å². The average Bonchev–Trinajstić information content (AvgIpc) is 3.10. The normalized spacial score (nSPS) is 15.7. The molecule has 1 aromatic heterocycles. The fourth-order valence-electron chi connectivity index (χ4n) is 3.87. The van der Waals surface area contributed by atoms with Crippen LogP contribution in [0.25, 0.3) is 10.9 Å². The number of carbonyl (C=O) groups excluding carboxylic acids is 1. The number of hydrogen-bond donors (Lipinski definition) is 1. The second-order valence-corrected chi connectivity index (χ2v) is 7.69. The summed E-state index contributed by atoms with van der Waals surface area (Å²) in [6.07, 6.45) is -4.42. The van der Waals surface area contributed by atoms with Gasteiger partial charge in [-0.25, -0.2) is 4.39 Å². The lowest BCUT2D eigenvalue weighted by Gasteiger charge is -2.34. The van der Waals surface area contributed by atoms with Crippen molar-refractivity contribution in [3.8, 4) is 0 Å². The molecule has 1 fully saturated rings. The Labute approximate surface area is 171 Å². The Kier molecular flexibility index (Phi) is 5.27. The molecule has 1 saturated heterocycles. The summed E-state index contributed by atoms with van der Waals surface area (Å²) in [7, 11) is 0. The Morgan fingerprint density at radius 1 is 1.03 bits per heavy atom. The van der Waals surface area contributed by atoms with E-state index in [9.17, 15) is 22.4 Å². The van der Waals surface area contributed by atoms with Crippen LogP contribution in [-0.2, 0) is 12.7 Å². The van der Waals surface area contributed by atoms with Crippen molar-refractivity contribution in [1.29, 1.82) is 0 Å². The Morgan fingerprint density at radius 3 is 2.43 bits per heavy atom. The van der Waals surface area contributed by atoms with Crippen LogP contribution < -0.4 is 0 Å². The number of aromatic nitrogens is 1. The van der Waals surface area contributed by atoms with E-state index in [1.165, 1.54) is 24.3 Å². The first kappa shape index (κ1) is 20.4. The van der Waals surface area contributed by atoms with Crippen LogP contribution >= 0.6 is 0 Å². The monoisotopic (exact) mass is 419 g/mol. The zero-order chi connectivity index (χ0) is 21.5. The number of aryl methyl sites for hydroxylation is 1. The summed E-state index contributed by atoms with van der Waals surface area (Å²) in [4.78, 5) is 19.6. The van der Waals surface area contributed by atoms with Crippen LogP contribution in [0.3, 0.4) is 0 Å². The van der Waals surface area contributed by atoms with Crippen molar-refractivity contribution >= 4 is 16.8 Å². The van der Waals surface area contributed by atoms with E-state index in [0.29, 0.717) is 43.6 Å². The molecule has 0 saturated carbocycles. The molecule has 1 aliphatic heterocycles. The first-order chi connectivity index (χ1) is 14.2. The van der Waals surface area contributed by atoms with Gasteiger partial charge in [-0.05, 0) is 54.4 Å². The third kappa shape index (κ3) is 4.33. The second kappa shape index (κ2) is 7.75. The molecule has 2 heterocycles. The summed E-state index contributed by atoms with van der Waals surface area (Å²) in [6, 6.07) is 9.80. The first-order valence-corrected chi connectivity index (χ1v) is 9.67. The Hall–Kier alpha value is -2.87. The predicted molar refractivity (Wildman–Crippen MR) is 106 cm³/mol. The highest BCUT2D eigenvalue weighted by Gasteiger charge is 2.31. The topological polar surface area (TPSA) is 39.3 Å². The van der Waals surface area contributed by atoms with E-state index >= 15 is 0 Å². The highest BCUT2D eigenvalue weighted by molar-refractivity contribution is 5.98. The van der Waals surface area contributed by atoms with Crippen LogP contribution in [-0.4, -0.2) is 46.9 Å². The lowest BCUT2D eigenvalue weighted by molar-refractivity contribution is -0.137. The molecule has 2 aromatic carbocycles. The molecular formula is C22H21F4N3O. The van der Waals surface area contributed by atoms with E-state index in [2.05, 4.69) is 9.88 Å². The summed E-state index contributed by atoms with van der Waals surface area (Å²) < 4.78 is 52.3. The summed E-state index contributed by atoms with van der Waals surface area (Å²) in [6.45, 7) is 4.72. The molecule has 0 bridgehead atoms. The highest BCUT2D eigenvalue weighted by atomic mass is 19.4. The molecule has 1 aliphatic rings. The quantitative estimate of drug-likeness (QED) is 0.631. The van der Waals surface area contributed by atoms with Crippen LogP contribution in [0.4, 0.5) is 17.6 Å². The summed E-state index contributed by atoms with van der Waals surface area (Å²) in [5.41, 5.74) is 1.79. The predicted octanol–water partition coefficient (Wildman–Crippen LogP) is 4.59. The molecule has 8 heteroatoms. The minimum atomic E-state index is -4.42. The number of benzene rings is 2. The number of rotatable bonds is 3. The minimum Gasteiger partial charge on any atom is -0.351 e. The number of nitrogens with zero attached hydrogens (tertiary/aromatic N) is 2. The van der Waals surface area contributed by atoms with Gasteiger partial charge in [0.05, 0.1) is 5.56 Å². The number of fused-ring (bicyclic) bond motifs is 1. The minimum absolute atomic E-state index is 0.235. The molecular weight excluding hydrogens is 398 g/mol. The van der Waals surface area contributed by atoms with Crippen LogP contribution in [0.2, 0.25) is 0 Å². The molecule has 4 rings (SSSR count). The number of alkyl halides is 3. The lowest BCUT2D eigenvalue weighted by atomic mass is 10.1. The Morgan fingerprint density at radius 2 is 1.77 bits per heavy atom. The smallest absolute Gasteiger partial charge is 0.351 e. The van der Waals surface area contributed by atoms with Crippen LogP contribution in [0, 0.1) is 12.7 Å². The largest absolute Gasteiger partial charge is 0.416 e. The van der Waals surface area contributed by atoms with E-state index in [4.69, 9.17) is 0 Å². The number of halogens is 4. The maximum absolute atomic E-state index is 13.6. The Bertz CT molecular complexity index is 1060. The fraction of sp³-hybridized carbons (Fsp3) is 0.318. The maximum atomic E-state index is 13.6. The van der Waals surface area contributed by atoms with Gasteiger partial charge in [0.1, 0.15) is 11.5 Å². The number of hydrogen-bond acceptors (Lipinski definition) is 2. The number of carbonyl (C=O) groups is 1. The standard InChI is InChI=1S/C22H21F4N3O/c1-14-8-15(10-18(23)9-14)13-28-4-6-29(7-5-28)21(30)20-12-16-11-17(22(24,25)26)2-3-19(16)27-20/h2-3,8-12,27H,4-7,13H2,1H3. The van der Waals surface area contributed by atoms with Gasteiger partial charge in [0.15, 0.2) is 0 Å². The van der Waals surface area contributed by atoms with E-state index in [1.54, 1.807) is 4.90 Å². The van der Waals surface area contributed by atoms with Crippen molar-refractivity contribution in [2.45, 2.75) is 19.6 Å². The average molecular weight is 419 g/mol. The molecule has 0 spiro atoms. The van der Waals surface area contributed by atoms with Gasteiger partial charge in [0.25, 0.3) is 5.91 Å². The molecule has 0 radical (unpaired) electrons. The van der Waals surface area contributed by atoms with E-state index in [1.807, 2.05) is 13.0 Å². The third-order valence-electron chi connectivity index (χ3n) is 5.35. The number of aromatic amines is 1. The molecule has 30 heavy (non-hydrogen) atoms. The van der Waals surface area contributed by atoms with Crippen molar-refractivity contribution in [3.05, 3.63) is 70.7 Å². The van der Waals surface area contributed by atoms with Gasteiger partial charge in [-0.15, -0.1) is 0 Å². The molecule has 1 N–H and O–H groups in total. The van der Waals surface area contributed by atoms with Crippen LogP contribution in [0.15, 0.2) is 42.5 Å². The second-order valence-electron chi connectivity index (χ2n) is 7.69. The zero-order valence-corrected chi connectivity index (χ0v) is 16.4. The van der Waals surface area contributed by atoms with Crippen molar-refractivity contribution < 1.29 is 22.4 Å². The first-order valence-electron chi connectivity index (χ1n) is 9.67. The van der Waals surface area contributed by atoms with Crippen LogP contribution in [0.1, 0.15) is 27.2 Å². The number of amides is 1. The summed E-state index contributed by atoms with van der Waals surface area (Å²) >= 11 is 0. The molecule has 158 valence electrons. The van der Waals surface area contributed by atoms with Gasteiger partial charge < -0.3 is 9.88 Å². The molecule has 0 aliphatic carbocycles. The van der Waals surface area contributed by atoms with E-state index in [0.717, 1.165) is 23.3 Å². The van der Waals surface area contributed by atoms with Gasteiger partial charge in [0, 0.05) is 43.6 Å². The molecule has 4 nitrogen and oxygen atoms in total. The molecule has 1 amide bonds. The number of piperazine rings is 1. The van der Waals surface area contributed by atoms with Gasteiger partial charge in [-0.1, -0.05) is 6.07 Å². The van der Waals surface area contributed by atoms with Crippen molar-refractivity contribution in [2.75, 3.05) is 26.2 Å². The maximum Gasteiger partial charge on any atom is 0.416 e. The number of H-pyrrole nitrogens is 1. The molecule has 0 unspecified atom stereocenters. The van der Waals surface area contributed by atoms with Crippen molar-refractivity contribution in [2.24, 2.45) is 0 Å². The summed E-state index contributed by atoms with van der Waals surface area (Å²) in [5, 5.41) is 0.355. The summed E-state index contributed by atoms with van der Waals surface area (Å²) in [5.74, 6) is -0.493. The highest BCUT2D eigenvalue weighted by Crippen LogP contribution is 2.31. The third-order valence-corrected chi connectivity index (χ3v) is 5.35. The molecule has 0 atom stereocenters. The van der Waals surface area contributed by atoms with Gasteiger partial charge in [-0.2, -0.15) is 13.2 Å². The van der Waals surface area contributed by atoms with E-state index in [-0.39, 0.29) is 17.4 Å². The SMILES string of the molecule is Cc1cc(F)cc(CN2CCN(C(=O)c3cc4cc(C(F)(F)F)ccc4[nH]3)CC2)c1. The lowest BCUT2D eigenvalue weighted by Crippen LogP contribution is -2.48. The Balaban J connectivity index is 1.41. The fourth-order valence-corrected chi connectivity index (χ4v) is 3.87.